The van der Waals surface area contributed by atoms with Gasteiger partial charge in [-0.1, -0.05) is 47.2 Å². The Labute approximate surface area is 217 Å². The van der Waals surface area contributed by atoms with Crippen molar-refractivity contribution in [2.24, 2.45) is 0 Å². The third-order valence-electron chi connectivity index (χ3n) is 6.15. The van der Waals surface area contributed by atoms with E-state index in [9.17, 15) is 13.2 Å². The first kappa shape index (κ1) is 24.8. The van der Waals surface area contributed by atoms with Crippen LogP contribution in [0.2, 0.25) is 5.02 Å². The Morgan fingerprint density at radius 3 is 2.53 bits per heavy atom. The lowest BCUT2D eigenvalue weighted by Gasteiger charge is -2.33. The highest BCUT2D eigenvalue weighted by atomic mass is 35.5. The summed E-state index contributed by atoms with van der Waals surface area (Å²) in [7, 11) is -2.20. The quantitative estimate of drug-likeness (QED) is 0.367. The number of piperazine rings is 1. The van der Waals surface area contributed by atoms with Gasteiger partial charge in [-0.25, -0.2) is 13.4 Å². The molecule has 1 saturated heterocycles. The van der Waals surface area contributed by atoms with Crippen molar-refractivity contribution >= 4 is 37.9 Å². The Kier molecular flexibility index (Phi) is 6.84. The molecule has 188 valence electrons. The minimum Gasteiger partial charge on any atom is -0.495 e. The molecule has 1 fully saturated rings. The van der Waals surface area contributed by atoms with Crippen LogP contribution in [0.1, 0.15) is 11.3 Å². The van der Waals surface area contributed by atoms with E-state index in [-0.39, 0.29) is 15.5 Å². The first-order valence-electron chi connectivity index (χ1n) is 11.3. The molecule has 9 nitrogen and oxygen atoms in total. The molecule has 36 heavy (non-hydrogen) atoms. The zero-order valence-corrected chi connectivity index (χ0v) is 22.1. The van der Waals surface area contributed by atoms with Gasteiger partial charge < -0.3 is 4.74 Å². The fourth-order valence-corrected chi connectivity index (χ4v) is 6.96. The molecular weight excluding hydrogens is 522 g/mol. The van der Waals surface area contributed by atoms with Gasteiger partial charge >= 0.3 is 0 Å². The summed E-state index contributed by atoms with van der Waals surface area (Å²) in [6, 6.07) is 13.9. The minimum atomic E-state index is -3.68. The molecule has 0 amide bonds. The minimum absolute atomic E-state index is 0.136. The van der Waals surface area contributed by atoms with E-state index in [0.717, 1.165) is 16.1 Å². The van der Waals surface area contributed by atoms with Gasteiger partial charge in [0.2, 0.25) is 15.0 Å². The van der Waals surface area contributed by atoms with Crippen LogP contribution in [0, 0.1) is 6.92 Å². The standard InChI is InChI=1S/C24H24ClN5O4S2/c1-16-5-3-4-6-19(16)23-27-30-22(31)13-17(26-24(30)35-23)15-28-9-11-29(12-10-28)36(32,33)18-7-8-21(34-2)20(25)14-18/h3-8,13-14H,9-12,15H2,1-2H3. The van der Waals surface area contributed by atoms with Gasteiger partial charge in [0.1, 0.15) is 10.8 Å². The molecule has 4 aromatic rings. The summed E-state index contributed by atoms with van der Waals surface area (Å²) in [5, 5.41) is 5.46. The molecule has 0 unspecified atom stereocenters. The Morgan fingerprint density at radius 1 is 1.08 bits per heavy atom. The zero-order chi connectivity index (χ0) is 25.4. The van der Waals surface area contributed by atoms with E-state index < -0.39 is 10.0 Å². The molecule has 2 aromatic carbocycles. The maximum atomic E-state index is 13.1. The summed E-state index contributed by atoms with van der Waals surface area (Å²) in [4.78, 5) is 20.2. The number of fused-ring (bicyclic) bond motifs is 1. The van der Waals surface area contributed by atoms with E-state index in [1.807, 2.05) is 31.2 Å². The normalized spacial score (nSPS) is 15.4. The van der Waals surface area contributed by atoms with E-state index in [2.05, 4.69) is 15.0 Å². The number of hydrogen-bond donors (Lipinski definition) is 0. The van der Waals surface area contributed by atoms with Gasteiger partial charge in [0.25, 0.3) is 5.56 Å². The number of benzene rings is 2. The second kappa shape index (κ2) is 9.91. The molecule has 0 N–H and O–H groups in total. The lowest BCUT2D eigenvalue weighted by atomic mass is 10.1. The molecule has 1 aliphatic heterocycles. The molecule has 0 radical (unpaired) electrons. The highest BCUT2D eigenvalue weighted by Crippen LogP contribution is 2.29. The van der Waals surface area contributed by atoms with Crippen molar-refractivity contribution in [2.75, 3.05) is 33.3 Å². The number of aryl methyl sites for hydroxylation is 1. The highest BCUT2D eigenvalue weighted by Gasteiger charge is 2.29. The first-order valence-corrected chi connectivity index (χ1v) is 13.9. The summed E-state index contributed by atoms with van der Waals surface area (Å²) in [6.07, 6.45) is 0. The van der Waals surface area contributed by atoms with E-state index >= 15 is 0 Å². The van der Waals surface area contributed by atoms with Crippen LogP contribution < -0.4 is 10.3 Å². The number of methoxy groups -OCH3 is 1. The monoisotopic (exact) mass is 545 g/mol. The van der Waals surface area contributed by atoms with E-state index in [0.29, 0.717) is 49.1 Å². The molecule has 0 spiro atoms. The summed E-state index contributed by atoms with van der Waals surface area (Å²) in [5.41, 5.74) is 2.46. The Hall–Kier alpha value is -2.83. The molecule has 0 saturated carbocycles. The fraction of sp³-hybridized carbons (Fsp3) is 0.292. The fourth-order valence-electron chi connectivity index (χ4n) is 4.17. The molecule has 1 aliphatic rings. The van der Waals surface area contributed by atoms with Gasteiger partial charge in [-0.15, -0.1) is 0 Å². The number of sulfonamides is 1. The van der Waals surface area contributed by atoms with Crippen LogP contribution in [0.3, 0.4) is 0 Å². The third kappa shape index (κ3) is 4.76. The van der Waals surface area contributed by atoms with Gasteiger partial charge in [0.15, 0.2) is 0 Å². The van der Waals surface area contributed by atoms with Gasteiger partial charge in [-0.05, 0) is 30.7 Å². The molecule has 12 heteroatoms. The number of ether oxygens (including phenoxy) is 1. The molecule has 3 heterocycles. The first-order chi connectivity index (χ1) is 17.3. The summed E-state index contributed by atoms with van der Waals surface area (Å²) >= 11 is 7.51. The number of rotatable bonds is 6. The summed E-state index contributed by atoms with van der Waals surface area (Å²) < 4.78 is 34.1. The second-order valence-electron chi connectivity index (χ2n) is 8.48. The molecule has 5 rings (SSSR count). The number of hydrogen-bond acceptors (Lipinski definition) is 8. The average Bonchev–Trinajstić information content (AvgIpc) is 3.29. The van der Waals surface area contributed by atoms with Gasteiger partial charge in [-0.2, -0.15) is 13.9 Å². The largest absolute Gasteiger partial charge is 0.495 e. The van der Waals surface area contributed by atoms with Crippen LogP contribution >= 0.6 is 22.9 Å². The number of aromatic nitrogens is 3. The Bertz CT molecular complexity index is 1590. The highest BCUT2D eigenvalue weighted by molar-refractivity contribution is 7.89. The summed E-state index contributed by atoms with van der Waals surface area (Å²) in [5.74, 6) is 0.424. The molecule has 0 atom stereocenters. The van der Waals surface area contributed by atoms with Crippen LogP contribution in [0.5, 0.6) is 5.75 Å². The number of nitrogens with zero attached hydrogens (tertiary/aromatic N) is 5. The smallest absolute Gasteiger partial charge is 0.275 e. The molecule has 0 aliphatic carbocycles. The van der Waals surface area contributed by atoms with Crippen LogP contribution in [0.15, 0.2) is 58.2 Å². The van der Waals surface area contributed by atoms with Crippen molar-refractivity contribution in [3.63, 3.8) is 0 Å². The van der Waals surface area contributed by atoms with Gasteiger partial charge in [0.05, 0.1) is 22.7 Å². The predicted octanol–water partition coefficient (Wildman–Crippen LogP) is 3.29. The second-order valence-corrected chi connectivity index (χ2v) is 11.8. The van der Waals surface area contributed by atoms with E-state index in [4.69, 9.17) is 16.3 Å². The van der Waals surface area contributed by atoms with Crippen molar-refractivity contribution in [3.05, 3.63) is 75.2 Å². The van der Waals surface area contributed by atoms with E-state index in [1.54, 1.807) is 6.07 Å². The van der Waals surface area contributed by atoms with Crippen molar-refractivity contribution < 1.29 is 13.2 Å². The maximum absolute atomic E-state index is 13.1. The third-order valence-corrected chi connectivity index (χ3v) is 9.28. The van der Waals surface area contributed by atoms with Gasteiger partial charge in [0, 0.05) is 44.4 Å². The molecule has 0 bridgehead atoms. The molecular formula is C24H24ClN5O4S2. The summed E-state index contributed by atoms with van der Waals surface area (Å²) in [6.45, 7) is 4.14. The maximum Gasteiger partial charge on any atom is 0.275 e. The van der Waals surface area contributed by atoms with Crippen LogP contribution in [0.4, 0.5) is 0 Å². The SMILES string of the molecule is COc1ccc(S(=O)(=O)N2CCN(Cc3cc(=O)n4nc(-c5ccccc5C)sc4n3)CC2)cc1Cl. The zero-order valence-electron chi connectivity index (χ0n) is 19.7. The molecule has 2 aromatic heterocycles. The van der Waals surface area contributed by atoms with Crippen molar-refractivity contribution in [1.29, 1.82) is 0 Å². The Balaban J connectivity index is 1.29. The van der Waals surface area contributed by atoms with E-state index in [1.165, 1.54) is 45.5 Å². The number of halogens is 1. The van der Waals surface area contributed by atoms with Crippen LogP contribution in [-0.2, 0) is 16.6 Å². The van der Waals surface area contributed by atoms with Gasteiger partial charge in [-0.3, -0.25) is 9.69 Å². The topological polar surface area (TPSA) is 97.1 Å². The van der Waals surface area contributed by atoms with Crippen molar-refractivity contribution in [3.8, 4) is 16.3 Å². The average molecular weight is 546 g/mol. The van der Waals surface area contributed by atoms with Crippen molar-refractivity contribution in [1.82, 2.24) is 23.8 Å². The van der Waals surface area contributed by atoms with Crippen molar-refractivity contribution in [2.45, 2.75) is 18.4 Å². The predicted molar refractivity (Wildman–Crippen MR) is 139 cm³/mol. The Morgan fingerprint density at radius 2 is 1.83 bits per heavy atom. The lowest BCUT2D eigenvalue weighted by molar-refractivity contribution is 0.180. The van der Waals surface area contributed by atoms with Crippen LogP contribution in [-0.4, -0.2) is 65.5 Å². The van der Waals surface area contributed by atoms with Crippen LogP contribution in [0.25, 0.3) is 15.5 Å². The lowest BCUT2D eigenvalue weighted by Crippen LogP contribution is -2.48.